The molecule has 2 aromatic carbocycles. The van der Waals surface area contributed by atoms with Crippen molar-refractivity contribution in [2.75, 3.05) is 34.5 Å². The van der Waals surface area contributed by atoms with E-state index in [0.29, 0.717) is 52.3 Å². The summed E-state index contributed by atoms with van der Waals surface area (Å²) in [5.74, 6) is 0.359. The summed E-state index contributed by atoms with van der Waals surface area (Å²) in [6, 6.07) is 14.4. The molecule has 9 nitrogen and oxygen atoms in total. The number of thioether (sulfide) groups is 1. The summed E-state index contributed by atoms with van der Waals surface area (Å²) in [7, 11) is 4.70. The molecule has 0 fully saturated rings. The van der Waals surface area contributed by atoms with Crippen LogP contribution in [0, 0.1) is 0 Å². The van der Waals surface area contributed by atoms with Gasteiger partial charge in [0.2, 0.25) is 5.91 Å². The van der Waals surface area contributed by atoms with E-state index in [1.807, 2.05) is 52.8 Å². The Morgan fingerprint density at radius 1 is 1.05 bits per heavy atom. The third-order valence-corrected chi connectivity index (χ3v) is 7.02. The van der Waals surface area contributed by atoms with Crippen LogP contribution >= 0.6 is 11.8 Å². The molecule has 1 amide bonds. The van der Waals surface area contributed by atoms with Crippen LogP contribution < -0.4 is 14.8 Å². The van der Waals surface area contributed by atoms with Crippen LogP contribution in [0.5, 0.6) is 11.5 Å². The zero-order chi connectivity index (χ0) is 27.1. The standard InChI is InChI=1S/C28H31N3O6S/c1-18-24(27(33)37-16-19-9-6-5-7-10-19)25(21-11-8-12-22(35-3)26(21)36-4)31-20(17-38-28(31)30-18)15-23(32)29-13-14-34-2/h5-12,17,25H,13-16H2,1-4H3,(H,29,32)/t25-/m1/s1. The van der Waals surface area contributed by atoms with E-state index in [2.05, 4.69) is 5.32 Å². The Bertz CT molecular complexity index is 1270. The van der Waals surface area contributed by atoms with Crippen molar-refractivity contribution >= 4 is 28.8 Å². The van der Waals surface area contributed by atoms with E-state index in [1.165, 1.54) is 11.8 Å². The van der Waals surface area contributed by atoms with Gasteiger partial charge < -0.3 is 29.2 Å². The molecule has 0 aliphatic carbocycles. The van der Waals surface area contributed by atoms with Crippen molar-refractivity contribution < 1.29 is 28.5 Å². The number of amidine groups is 1. The number of hydrogen-bond donors (Lipinski definition) is 1. The SMILES string of the molecule is COCCNC(=O)CC1=CSC2=NC(C)=C(C(=O)OCc3ccccc3)[C@@H](c3cccc(OC)c3OC)N12. The maximum Gasteiger partial charge on any atom is 0.338 e. The number of nitrogens with one attached hydrogen (secondary N) is 1. The van der Waals surface area contributed by atoms with Crippen molar-refractivity contribution in [3.63, 3.8) is 0 Å². The van der Waals surface area contributed by atoms with Crippen LogP contribution in [0.1, 0.15) is 30.5 Å². The van der Waals surface area contributed by atoms with Crippen LogP contribution in [0.2, 0.25) is 0 Å². The highest BCUT2D eigenvalue weighted by Gasteiger charge is 2.42. The van der Waals surface area contributed by atoms with E-state index >= 15 is 0 Å². The third-order valence-electron chi connectivity index (χ3n) is 6.13. The molecule has 10 heteroatoms. The number of esters is 1. The number of nitrogens with zero attached hydrogens (tertiary/aromatic N) is 2. The highest BCUT2D eigenvalue weighted by molar-refractivity contribution is 8.16. The molecule has 2 aliphatic heterocycles. The van der Waals surface area contributed by atoms with Crippen LogP contribution in [0.25, 0.3) is 0 Å². The Balaban J connectivity index is 1.72. The van der Waals surface area contributed by atoms with Gasteiger partial charge in [0.1, 0.15) is 6.61 Å². The van der Waals surface area contributed by atoms with E-state index in [4.69, 9.17) is 23.9 Å². The lowest BCUT2D eigenvalue weighted by Crippen LogP contribution is -2.38. The zero-order valence-corrected chi connectivity index (χ0v) is 22.7. The van der Waals surface area contributed by atoms with Crippen LogP contribution in [0.3, 0.4) is 0 Å². The van der Waals surface area contributed by atoms with Crippen LogP contribution in [0.4, 0.5) is 0 Å². The van der Waals surface area contributed by atoms with Gasteiger partial charge in [0, 0.05) is 24.9 Å². The topological polar surface area (TPSA) is 98.7 Å². The molecule has 0 spiro atoms. The monoisotopic (exact) mass is 537 g/mol. The molecular formula is C28H31N3O6S. The maximum absolute atomic E-state index is 13.6. The number of benzene rings is 2. The minimum atomic E-state index is -0.649. The summed E-state index contributed by atoms with van der Waals surface area (Å²) in [5, 5.41) is 5.41. The van der Waals surface area contributed by atoms with E-state index in [0.717, 1.165) is 5.56 Å². The Hall–Kier alpha value is -3.76. The Morgan fingerprint density at radius 3 is 2.55 bits per heavy atom. The second-order valence-corrected chi connectivity index (χ2v) is 9.39. The van der Waals surface area contributed by atoms with Crippen molar-refractivity contribution in [2.24, 2.45) is 4.99 Å². The molecule has 38 heavy (non-hydrogen) atoms. The highest BCUT2D eigenvalue weighted by atomic mass is 32.2. The second kappa shape index (κ2) is 12.7. The summed E-state index contributed by atoms with van der Waals surface area (Å²) < 4.78 is 22.1. The average molecular weight is 538 g/mol. The molecule has 2 aliphatic rings. The molecular weight excluding hydrogens is 506 g/mol. The lowest BCUT2D eigenvalue weighted by molar-refractivity contribution is -0.141. The number of methoxy groups -OCH3 is 3. The first kappa shape index (κ1) is 27.3. The first-order valence-electron chi connectivity index (χ1n) is 12.1. The number of amides is 1. The summed E-state index contributed by atoms with van der Waals surface area (Å²) in [4.78, 5) is 33.0. The van der Waals surface area contributed by atoms with Crippen molar-refractivity contribution in [3.05, 3.63) is 82.0 Å². The number of ether oxygens (including phenoxy) is 4. The molecule has 0 aromatic heterocycles. The summed E-state index contributed by atoms with van der Waals surface area (Å²) in [6.07, 6.45) is 0.101. The predicted molar refractivity (Wildman–Crippen MR) is 146 cm³/mol. The summed E-state index contributed by atoms with van der Waals surface area (Å²) >= 11 is 1.41. The molecule has 200 valence electrons. The van der Waals surface area contributed by atoms with Gasteiger partial charge in [-0.15, -0.1) is 0 Å². The Labute approximate surface area is 226 Å². The fraction of sp³-hybridized carbons (Fsp3) is 0.321. The molecule has 4 rings (SSSR count). The fourth-order valence-electron chi connectivity index (χ4n) is 4.37. The van der Waals surface area contributed by atoms with Crippen LogP contribution in [-0.2, 0) is 25.7 Å². The van der Waals surface area contributed by atoms with Crippen molar-refractivity contribution in [1.82, 2.24) is 10.2 Å². The number of rotatable bonds is 11. The van der Waals surface area contributed by atoms with Gasteiger partial charge in [0.25, 0.3) is 0 Å². The minimum absolute atomic E-state index is 0.101. The minimum Gasteiger partial charge on any atom is -0.493 e. The van der Waals surface area contributed by atoms with Crippen molar-refractivity contribution in [2.45, 2.75) is 26.0 Å². The van der Waals surface area contributed by atoms with Gasteiger partial charge in [-0.25, -0.2) is 9.79 Å². The molecule has 2 heterocycles. The van der Waals surface area contributed by atoms with Gasteiger partial charge >= 0.3 is 5.97 Å². The number of fused-ring (bicyclic) bond motifs is 1. The first-order chi connectivity index (χ1) is 18.5. The molecule has 0 unspecified atom stereocenters. The van der Waals surface area contributed by atoms with Gasteiger partial charge in [-0.2, -0.15) is 0 Å². The summed E-state index contributed by atoms with van der Waals surface area (Å²) in [5.41, 5.74) is 3.18. The lowest BCUT2D eigenvalue weighted by Gasteiger charge is -2.37. The molecule has 2 aromatic rings. The molecule has 1 N–H and O–H groups in total. The van der Waals surface area contributed by atoms with Gasteiger partial charge in [-0.05, 0) is 24.0 Å². The molecule has 0 saturated carbocycles. The third kappa shape index (κ3) is 5.87. The Morgan fingerprint density at radius 2 is 1.84 bits per heavy atom. The van der Waals surface area contributed by atoms with Gasteiger partial charge in [-0.3, -0.25) is 4.79 Å². The number of carbonyl (C=O) groups excluding carboxylic acids is 2. The van der Waals surface area contributed by atoms with Gasteiger partial charge in [-0.1, -0.05) is 54.2 Å². The molecule has 0 saturated heterocycles. The normalized spacial score (nSPS) is 16.4. The number of aliphatic imine (C=N–C) groups is 1. The Kier molecular flexibility index (Phi) is 9.09. The van der Waals surface area contributed by atoms with Crippen LogP contribution in [-0.4, -0.2) is 56.4 Å². The van der Waals surface area contributed by atoms with Crippen molar-refractivity contribution in [3.8, 4) is 11.5 Å². The largest absolute Gasteiger partial charge is 0.493 e. The summed E-state index contributed by atoms with van der Waals surface area (Å²) in [6.45, 7) is 2.73. The van der Waals surface area contributed by atoms with Gasteiger partial charge in [0.05, 0.1) is 44.6 Å². The number of hydrogen-bond acceptors (Lipinski definition) is 9. The second-order valence-electron chi connectivity index (χ2n) is 8.56. The van der Waals surface area contributed by atoms with E-state index in [1.54, 1.807) is 34.3 Å². The molecule has 1 atom stereocenters. The fourth-order valence-corrected chi connectivity index (χ4v) is 5.34. The highest BCUT2D eigenvalue weighted by Crippen LogP contribution is 2.48. The van der Waals surface area contributed by atoms with E-state index in [9.17, 15) is 9.59 Å². The molecule has 0 radical (unpaired) electrons. The van der Waals surface area contributed by atoms with E-state index < -0.39 is 12.0 Å². The zero-order valence-electron chi connectivity index (χ0n) is 21.9. The van der Waals surface area contributed by atoms with E-state index in [-0.39, 0.29) is 18.9 Å². The van der Waals surface area contributed by atoms with Gasteiger partial charge in [0.15, 0.2) is 16.7 Å². The smallest absolute Gasteiger partial charge is 0.338 e. The first-order valence-corrected chi connectivity index (χ1v) is 13.0. The maximum atomic E-state index is 13.6. The quantitative estimate of drug-likeness (QED) is 0.337. The van der Waals surface area contributed by atoms with Crippen molar-refractivity contribution in [1.29, 1.82) is 0 Å². The number of allylic oxidation sites excluding steroid dienone is 1. The van der Waals surface area contributed by atoms with Crippen LogP contribution in [0.15, 0.2) is 75.9 Å². The number of para-hydroxylation sites is 1. The number of carbonyl (C=O) groups is 2. The predicted octanol–water partition coefficient (Wildman–Crippen LogP) is 4.17. The lowest BCUT2D eigenvalue weighted by atomic mass is 9.92. The molecule has 0 bridgehead atoms. The average Bonchev–Trinajstić information content (AvgIpc) is 3.32.